The highest BCUT2D eigenvalue weighted by molar-refractivity contribution is 5.86. The zero-order chi connectivity index (χ0) is 12.9. The summed E-state index contributed by atoms with van der Waals surface area (Å²) in [6, 6.07) is 9.62. The molecular formula is C13H19NO3. The smallest absolute Gasteiger partial charge is 0.154 e. The predicted molar refractivity (Wildman–Crippen MR) is 65.5 cm³/mol. The summed E-state index contributed by atoms with van der Waals surface area (Å²) in [5, 5.41) is 19.0. The van der Waals surface area contributed by atoms with Crippen LogP contribution in [-0.2, 0) is 11.2 Å². The average Bonchev–Trinajstić information content (AvgIpc) is 2.35. The molecule has 0 aliphatic heterocycles. The van der Waals surface area contributed by atoms with Crippen LogP contribution in [0.15, 0.2) is 30.3 Å². The monoisotopic (exact) mass is 237 g/mol. The van der Waals surface area contributed by atoms with E-state index in [1.807, 2.05) is 30.3 Å². The van der Waals surface area contributed by atoms with Gasteiger partial charge in [-0.3, -0.25) is 4.79 Å². The number of carbonyl (C=O) groups is 1. The Balaban J connectivity index is 2.60. The summed E-state index contributed by atoms with van der Waals surface area (Å²) in [6.45, 7) is 0.736. The second kappa shape index (κ2) is 5.91. The Bertz CT molecular complexity index is 366. The highest BCUT2D eigenvalue weighted by atomic mass is 16.3. The Morgan fingerprint density at radius 2 is 2.00 bits per heavy atom. The van der Waals surface area contributed by atoms with E-state index in [1.165, 1.54) is 6.92 Å². The molecular weight excluding hydrogens is 218 g/mol. The van der Waals surface area contributed by atoms with E-state index in [1.54, 1.807) is 0 Å². The first-order valence-corrected chi connectivity index (χ1v) is 5.63. The van der Waals surface area contributed by atoms with Gasteiger partial charge in [-0.15, -0.1) is 0 Å². The fourth-order valence-corrected chi connectivity index (χ4v) is 1.66. The molecule has 0 saturated carbocycles. The van der Waals surface area contributed by atoms with Crippen molar-refractivity contribution in [2.75, 3.05) is 6.61 Å². The number of ketones is 1. The van der Waals surface area contributed by atoms with Crippen LogP contribution in [-0.4, -0.2) is 34.2 Å². The zero-order valence-electron chi connectivity index (χ0n) is 9.97. The summed E-state index contributed by atoms with van der Waals surface area (Å²) in [5.41, 5.74) is 5.22. The topological polar surface area (TPSA) is 83.6 Å². The Morgan fingerprint density at radius 1 is 1.41 bits per heavy atom. The van der Waals surface area contributed by atoms with Crippen molar-refractivity contribution < 1.29 is 15.0 Å². The molecule has 1 aromatic rings. The van der Waals surface area contributed by atoms with Crippen molar-refractivity contribution in [1.82, 2.24) is 0 Å². The fourth-order valence-electron chi connectivity index (χ4n) is 1.66. The van der Waals surface area contributed by atoms with Gasteiger partial charge in [-0.2, -0.15) is 0 Å². The largest absolute Gasteiger partial charge is 0.394 e. The molecule has 0 radical (unpaired) electrons. The SMILES string of the molecule is CC(=O)C(N)(CO)C(O)CCc1ccccc1. The molecule has 0 aliphatic carbocycles. The third-order valence-corrected chi connectivity index (χ3v) is 3.06. The van der Waals surface area contributed by atoms with Crippen LogP contribution in [0.3, 0.4) is 0 Å². The molecule has 0 spiro atoms. The Kier molecular flexibility index (Phi) is 4.81. The van der Waals surface area contributed by atoms with E-state index in [9.17, 15) is 9.90 Å². The van der Waals surface area contributed by atoms with Crippen molar-refractivity contribution in [2.24, 2.45) is 5.73 Å². The van der Waals surface area contributed by atoms with Crippen LogP contribution in [0.2, 0.25) is 0 Å². The Labute approximate surface area is 101 Å². The normalized spacial score (nSPS) is 16.2. The molecule has 4 heteroatoms. The number of benzene rings is 1. The average molecular weight is 237 g/mol. The quantitative estimate of drug-likeness (QED) is 0.662. The van der Waals surface area contributed by atoms with Crippen molar-refractivity contribution >= 4 is 5.78 Å². The lowest BCUT2D eigenvalue weighted by Crippen LogP contribution is -2.59. The minimum Gasteiger partial charge on any atom is -0.394 e. The van der Waals surface area contributed by atoms with E-state index < -0.39 is 24.0 Å². The van der Waals surface area contributed by atoms with Crippen LogP contribution in [0.1, 0.15) is 18.9 Å². The third-order valence-electron chi connectivity index (χ3n) is 3.06. The number of hydrogen-bond acceptors (Lipinski definition) is 4. The van der Waals surface area contributed by atoms with E-state index in [0.717, 1.165) is 5.56 Å². The Hall–Kier alpha value is -1.23. The number of aryl methyl sites for hydroxylation is 1. The van der Waals surface area contributed by atoms with Crippen LogP contribution < -0.4 is 5.73 Å². The van der Waals surface area contributed by atoms with Crippen LogP contribution in [0.4, 0.5) is 0 Å². The number of nitrogens with two attached hydrogens (primary N) is 1. The van der Waals surface area contributed by atoms with E-state index in [-0.39, 0.29) is 0 Å². The van der Waals surface area contributed by atoms with Gasteiger partial charge in [0.2, 0.25) is 0 Å². The fraction of sp³-hybridized carbons (Fsp3) is 0.462. The molecule has 0 heterocycles. The second-order valence-electron chi connectivity index (χ2n) is 4.29. The maximum Gasteiger partial charge on any atom is 0.154 e. The number of hydrogen-bond donors (Lipinski definition) is 3. The van der Waals surface area contributed by atoms with Crippen LogP contribution in [0.25, 0.3) is 0 Å². The number of carbonyl (C=O) groups excluding carboxylic acids is 1. The molecule has 0 saturated heterocycles. The van der Waals surface area contributed by atoms with Gasteiger partial charge in [0.15, 0.2) is 5.78 Å². The highest BCUT2D eigenvalue weighted by Gasteiger charge is 2.37. The number of aliphatic hydroxyl groups excluding tert-OH is 2. The van der Waals surface area contributed by atoms with Gasteiger partial charge in [-0.1, -0.05) is 30.3 Å². The van der Waals surface area contributed by atoms with E-state index in [0.29, 0.717) is 12.8 Å². The summed E-state index contributed by atoms with van der Waals surface area (Å²) in [5.74, 6) is -0.402. The summed E-state index contributed by atoms with van der Waals surface area (Å²) in [4.78, 5) is 11.3. The van der Waals surface area contributed by atoms with E-state index >= 15 is 0 Å². The molecule has 1 aromatic carbocycles. The Morgan fingerprint density at radius 3 is 2.47 bits per heavy atom. The molecule has 4 N–H and O–H groups in total. The molecule has 94 valence electrons. The molecule has 0 amide bonds. The molecule has 17 heavy (non-hydrogen) atoms. The summed E-state index contributed by atoms with van der Waals surface area (Å²) >= 11 is 0. The first kappa shape index (κ1) is 13.8. The summed E-state index contributed by atoms with van der Waals surface area (Å²) in [6.07, 6.45) is -0.0697. The van der Waals surface area contributed by atoms with Crippen LogP contribution in [0, 0.1) is 0 Å². The maximum atomic E-state index is 11.3. The van der Waals surface area contributed by atoms with Gasteiger partial charge in [0.05, 0.1) is 12.7 Å². The standard InChI is InChI=1S/C13H19NO3/c1-10(16)13(14,9-15)12(17)8-7-11-5-3-2-4-6-11/h2-6,12,15,17H,7-9,14H2,1H3. The first-order valence-electron chi connectivity index (χ1n) is 5.63. The number of aliphatic hydroxyl groups is 2. The molecule has 2 unspecified atom stereocenters. The minimum absolute atomic E-state index is 0.348. The second-order valence-corrected chi connectivity index (χ2v) is 4.29. The van der Waals surface area contributed by atoms with E-state index in [4.69, 9.17) is 10.8 Å². The van der Waals surface area contributed by atoms with Gasteiger partial charge in [0, 0.05) is 0 Å². The molecule has 2 atom stereocenters. The predicted octanol–water partition coefficient (Wildman–Crippen LogP) is 0.259. The zero-order valence-corrected chi connectivity index (χ0v) is 9.97. The minimum atomic E-state index is -1.55. The lowest BCUT2D eigenvalue weighted by molar-refractivity contribution is -0.128. The van der Waals surface area contributed by atoms with Crippen molar-refractivity contribution in [3.8, 4) is 0 Å². The molecule has 0 fully saturated rings. The molecule has 0 aromatic heterocycles. The van der Waals surface area contributed by atoms with Gasteiger partial charge < -0.3 is 15.9 Å². The third kappa shape index (κ3) is 3.36. The van der Waals surface area contributed by atoms with Crippen molar-refractivity contribution in [1.29, 1.82) is 0 Å². The van der Waals surface area contributed by atoms with Gasteiger partial charge in [-0.05, 0) is 25.3 Å². The molecule has 1 rings (SSSR count). The van der Waals surface area contributed by atoms with Crippen molar-refractivity contribution in [2.45, 2.75) is 31.4 Å². The molecule has 0 bridgehead atoms. The number of Topliss-reactive ketones (excluding diaryl/α,β-unsaturated/α-hetero) is 1. The lowest BCUT2D eigenvalue weighted by Gasteiger charge is -2.29. The molecule has 4 nitrogen and oxygen atoms in total. The van der Waals surface area contributed by atoms with E-state index in [2.05, 4.69) is 0 Å². The first-order chi connectivity index (χ1) is 8.00. The highest BCUT2D eigenvalue weighted by Crippen LogP contribution is 2.14. The van der Waals surface area contributed by atoms with Crippen molar-refractivity contribution in [3.63, 3.8) is 0 Å². The van der Waals surface area contributed by atoms with Crippen LogP contribution in [0.5, 0.6) is 0 Å². The maximum absolute atomic E-state index is 11.3. The summed E-state index contributed by atoms with van der Waals surface area (Å²) in [7, 11) is 0. The number of rotatable bonds is 6. The summed E-state index contributed by atoms with van der Waals surface area (Å²) < 4.78 is 0. The van der Waals surface area contributed by atoms with Crippen molar-refractivity contribution in [3.05, 3.63) is 35.9 Å². The van der Waals surface area contributed by atoms with Crippen LogP contribution >= 0.6 is 0 Å². The van der Waals surface area contributed by atoms with Gasteiger partial charge in [0.25, 0.3) is 0 Å². The van der Waals surface area contributed by atoms with Gasteiger partial charge in [0.1, 0.15) is 5.54 Å². The molecule has 0 aliphatic rings. The lowest BCUT2D eigenvalue weighted by atomic mass is 9.87. The van der Waals surface area contributed by atoms with Gasteiger partial charge in [-0.25, -0.2) is 0 Å². The van der Waals surface area contributed by atoms with Gasteiger partial charge >= 0.3 is 0 Å².